The summed E-state index contributed by atoms with van der Waals surface area (Å²) in [4.78, 5) is 62.2. The Kier molecular flexibility index (Phi) is 27.8. The number of carbonyl (C=O) groups is 4. The number of carboxylic acid groups (broad SMARTS) is 2. The molecule has 50 heteroatoms. The molecule has 0 bridgehead atoms. The van der Waals surface area contributed by atoms with Crippen LogP contribution in [0.2, 0.25) is 20.6 Å². The molecule has 2 amide bonds. The average Bonchev–Trinajstić information content (AvgIpc) is 1.63. The zero-order valence-corrected chi connectivity index (χ0v) is 65.1. The second-order valence-corrected chi connectivity index (χ2v) is 31.9. The van der Waals surface area contributed by atoms with E-state index in [0.717, 1.165) is 0 Å². The fraction of sp³-hybridized carbons (Fsp3) is 0.239. The van der Waals surface area contributed by atoms with Gasteiger partial charge in [0.15, 0.2) is 23.3 Å². The molecule has 0 aliphatic heterocycles. The van der Waals surface area contributed by atoms with Crippen LogP contribution in [0.5, 0.6) is 23.5 Å². The molecular weight excluding hydrogens is 1780 g/mol. The van der Waals surface area contributed by atoms with Crippen LogP contribution in [-0.4, -0.2) is 167 Å². The second kappa shape index (κ2) is 36.7. The maximum absolute atomic E-state index is 12.6. The smallest absolute Gasteiger partial charge is 0.395 e. The lowest BCUT2D eigenvalue weighted by molar-refractivity contribution is -0.154. The molecule has 4 aliphatic rings. The Hall–Kier alpha value is -11.7. The number of nitrogens with two attached hydrogens (primary N) is 1. The van der Waals surface area contributed by atoms with E-state index in [9.17, 15) is 97.1 Å². The highest BCUT2D eigenvalue weighted by Gasteiger charge is 2.60. The molecule has 121 heavy (non-hydrogen) atoms. The molecule has 8 heterocycles. The number of sulfonamides is 3. The highest BCUT2D eigenvalue weighted by Crippen LogP contribution is 2.50. The van der Waals surface area contributed by atoms with Crippen LogP contribution in [0.15, 0.2) is 203 Å². The van der Waals surface area contributed by atoms with Gasteiger partial charge in [0.2, 0.25) is 33.5 Å². The zero-order chi connectivity index (χ0) is 87.4. The largest absolute Gasteiger partial charge is 0.478 e. The molecule has 15 rings (SSSR count). The number of carbonyl (C=O) groups excluding carboxylic acids is 2. The number of benzene rings is 3. The summed E-state index contributed by atoms with van der Waals surface area (Å²) in [5, 5.41) is 37.5. The predicted molar refractivity (Wildman–Crippen MR) is 400 cm³/mol. The van der Waals surface area contributed by atoms with Crippen molar-refractivity contribution in [3.05, 3.63) is 231 Å². The molecule has 0 radical (unpaired) electrons. The molecule has 8 aromatic heterocycles. The van der Waals surface area contributed by atoms with Crippen molar-refractivity contribution in [2.45, 2.75) is 96.9 Å². The number of ether oxygens (including phenoxy) is 4. The van der Waals surface area contributed by atoms with Gasteiger partial charge in [0, 0.05) is 49.1 Å². The molecule has 6 N–H and O–H groups in total. The van der Waals surface area contributed by atoms with Crippen LogP contribution in [0.1, 0.15) is 74.5 Å². The average molecular weight is 1840 g/mol. The van der Waals surface area contributed by atoms with Crippen LogP contribution in [0.3, 0.4) is 0 Å². The van der Waals surface area contributed by atoms with Gasteiger partial charge in [-0.1, -0.05) is 108 Å². The van der Waals surface area contributed by atoms with E-state index < -0.39 is 127 Å². The van der Waals surface area contributed by atoms with E-state index in [1.165, 1.54) is 177 Å². The monoisotopic (exact) mass is 1840 g/mol. The molecule has 8 atom stereocenters. The van der Waals surface area contributed by atoms with Crippen LogP contribution in [0.25, 0.3) is 23.3 Å². The Bertz CT molecular complexity index is 5640. The molecule has 31 nitrogen and oxygen atoms in total. The minimum absolute atomic E-state index is 0. The Balaban J connectivity index is 0.000000164. The summed E-state index contributed by atoms with van der Waals surface area (Å²) in [6.07, 6.45) is -15.7. The van der Waals surface area contributed by atoms with Gasteiger partial charge in [0.05, 0.1) is 60.6 Å². The summed E-state index contributed by atoms with van der Waals surface area (Å²) in [6.45, 7) is 0. The third-order valence-electron chi connectivity index (χ3n) is 16.8. The lowest BCUT2D eigenvalue weighted by Gasteiger charge is -2.09. The number of nitrogens with zero attached hydrogens (tertiary/aromatic N) is 12. The Labute approximate surface area is 695 Å². The predicted octanol–water partition coefficient (Wildman–Crippen LogP) is 13.6. The first-order valence-corrected chi connectivity index (χ1v) is 39.9. The fourth-order valence-corrected chi connectivity index (χ4v) is 13.8. The number of alkyl halides is 12. The number of pyridine rings is 4. The van der Waals surface area contributed by atoms with Crippen LogP contribution in [-0.2, 0) is 30.1 Å². The van der Waals surface area contributed by atoms with Crippen molar-refractivity contribution < 1.29 is 126 Å². The Morgan fingerprint density at radius 3 is 0.777 bits per heavy atom. The number of amides is 2. The summed E-state index contributed by atoms with van der Waals surface area (Å²) in [7, 11) is -11.7. The molecule has 4 aliphatic carbocycles. The minimum Gasteiger partial charge on any atom is -0.478 e. The minimum atomic E-state index is -4.31. The maximum atomic E-state index is 12.6. The van der Waals surface area contributed by atoms with Crippen LogP contribution >= 0.6 is 46.4 Å². The number of halogens is 16. The number of hydrogen-bond acceptors (Lipinski definition) is 22. The molecule has 3 aromatic carbocycles. The topological polar surface area (TPSA) is 421 Å². The van der Waals surface area contributed by atoms with Gasteiger partial charge in [-0.25, -0.2) is 88.1 Å². The first-order chi connectivity index (χ1) is 56.2. The molecule has 0 saturated heterocycles. The molecule has 4 fully saturated rings. The van der Waals surface area contributed by atoms with Gasteiger partial charge in [-0.15, -0.1) is 20.4 Å². The number of aromatic nitrogens is 12. The van der Waals surface area contributed by atoms with Crippen molar-refractivity contribution in [2.75, 3.05) is 0 Å². The quantitative estimate of drug-likeness (QED) is 0.0329. The van der Waals surface area contributed by atoms with Crippen molar-refractivity contribution in [1.82, 2.24) is 68.5 Å². The van der Waals surface area contributed by atoms with Crippen molar-refractivity contribution in [1.29, 1.82) is 0 Å². The number of nitrogens with one attached hydrogen (secondary N) is 2. The first kappa shape index (κ1) is 91.6. The number of carboxylic acids is 2. The van der Waals surface area contributed by atoms with Gasteiger partial charge in [0.1, 0.15) is 45.0 Å². The number of aromatic carboxylic acids is 2. The Morgan fingerprint density at radius 1 is 0.364 bits per heavy atom. The zero-order valence-electron chi connectivity index (χ0n) is 59.7. The normalized spacial score (nSPS) is 18.3. The van der Waals surface area contributed by atoms with Crippen molar-refractivity contribution in [3.63, 3.8) is 0 Å². The SMILES string of the molecule is C.NS(=O)(=O)c1ccccc1.O=C(NS(=O)(=O)c1ccccc1)c1ccc(-n2ccc(O[C@@H]3C[C@H]3C(F)(F)F)n2)nc1Cl.O=C(NS(=O)(=O)c1ccccc1)c1ccc(-n2ccc(O[C@H]3C[C@@H]3C(F)(F)F)n2)nc1Cl.O=C(O)c1ccc(-n2ccc(O[C@@H]3C[C@H]3C(F)(F)F)n2)nc1Cl.O=C(O)c1ccc(-n2ccc(O[C@H]3C[C@@H]3C(F)(F)F)n2)nc1Cl. The molecule has 642 valence electrons. The van der Waals surface area contributed by atoms with Crippen molar-refractivity contribution in [3.8, 4) is 46.8 Å². The van der Waals surface area contributed by atoms with Gasteiger partial charge in [-0.05, 0) is 111 Å². The van der Waals surface area contributed by atoms with Gasteiger partial charge < -0.3 is 29.2 Å². The standard InChI is InChI=1S/2C19H14ClF3N4O4S.2C13H9ClF3N3O3.C6H7NO2S.CH4/c2*20-17-12(18(28)26-32(29,30)11-4-2-1-3-5-11)6-7-15(24-17)27-9-8-16(25-27)31-14-10-13(14)19(21,22)23;2*14-11-6(12(21)22)1-2-9(18-11)20-4-3-10(19-20)23-8-5-7(8)13(15,16)17;7-10(8,9)6-4-2-1-3-5-6;/h2*1-9,13-14H,10H2,(H,26,28);2*1-4,7-8H,5H2,(H,21,22);1-5H,(H2,7,8,9);1H4/t2*13-,14-;2*7-,8-;;/m1010../s1. The van der Waals surface area contributed by atoms with Crippen LogP contribution in [0.4, 0.5) is 52.7 Å². The molecule has 0 spiro atoms. The number of primary sulfonamides is 1. The van der Waals surface area contributed by atoms with Crippen molar-refractivity contribution >= 4 is 100 Å². The summed E-state index contributed by atoms with van der Waals surface area (Å²) in [5.74, 6) is -9.57. The lowest BCUT2D eigenvalue weighted by Crippen LogP contribution is -2.31. The van der Waals surface area contributed by atoms with Gasteiger partial charge in [-0.3, -0.25) is 9.59 Å². The van der Waals surface area contributed by atoms with E-state index in [2.05, 4.69) is 40.3 Å². The number of hydrogen-bond donors (Lipinski definition) is 5. The maximum Gasteiger partial charge on any atom is 0.395 e. The second-order valence-electron chi connectivity index (χ2n) is 25.5. The molecule has 11 aromatic rings. The van der Waals surface area contributed by atoms with E-state index in [0.29, 0.717) is 0 Å². The van der Waals surface area contributed by atoms with Gasteiger partial charge >= 0.3 is 36.6 Å². The van der Waals surface area contributed by atoms with E-state index in [-0.39, 0.29) is 137 Å². The summed E-state index contributed by atoms with van der Waals surface area (Å²) < 4.78 is 250. The lowest BCUT2D eigenvalue weighted by atomic mass is 10.3. The van der Waals surface area contributed by atoms with E-state index >= 15 is 0 Å². The number of rotatable bonds is 21. The van der Waals surface area contributed by atoms with E-state index in [1.54, 1.807) is 30.3 Å². The summed E-state index contributed by atoms with van der Waals surface area (Å²) in [6, 6.07) is 38.5. The third-order valence-corrected chi connectivity index (χ3v) is 21.6. The highest BCUT2D eigenvalue weighted by molar-refractivity contribution is 7.90. The Morgan fingerprint density at radius 2 is 0.587 bits per heavy atom. The fourth-order valence-electron chi connectivity index (χ4n) is 10.3. The molecular formula is C71H57Cl4F12N15O16S3. The highest BCUT2D eigenvalue weighted by atomic mass is 35.5. The first-order valence-electron chi connectivity index (χ1n) is 33.8. The van der Waals surface area contributed by atoms with Crippen molar-refractivity contribution in [2.24, 2.45) is 28.8 Å². The summed E-state index contributed by atoms with van der Waals surface area (Å²) >= 11 is 23.6. The van der Waals surface area contributed by atoms with Crippen LogP contribution < -0.4 is 33.5 Å². The molecule has 0 unspecified atom stereocenters. The summed E-state index contributed by atoms with van der Waals surface area (Å²) in [5.41, 5.74) is -0.704. The molecule has 4 saturated carbocycles. The van der Waals surface area contributed by atoms with Gasteiger partial charge in [0.25, 0.3) is 31.9 Å². The third kappa shape index (κ3) is 24.3. The van der Waals surface area contributed by atoms with Crippen LogP contribution in [0, 0.1) is 23.7 Å². The van der Waals surface area contributed by atoms with E-state index in [4.69, 9.17) is 80.7 Å². The van der Waals surface area contributed by atoms with E-state index in [1.807, 2.05) is 9.44 Å². The van der Waals surface area contributed by atoms with Gasteiger partial charge in [-0.2, -0.15) is 52.7 Å².